The van der Waals surface area contributed by atoms with Gasteiger partial charge in [0, 0.05) is 6.61 Å². The second kappa shape index (κ2) is 4.13. The maximum atomic E-state index is 11.9. The molecule has 2 rings (SSSR count). The number of rotatable bonds is 2. The smallest absolute Gasteiger partial charge is 0.201 e. The summed E-state index contributed by atoms with van der Waals surface area (Å²) in [6.45, 7) is 2.72. The summed E-state index contributed by atoms with van der Waals surface area (Å²) in [6.07, 6.45) is 1.68. The number of carbonyl (C=O) groups excluding carboxylic acids is 1. The van der Waals surface area contributed by atoms with Crippen LogP contribution in [0.3, 0.4) is 0 Å². The van der Waals surface area contributed by atoms with Crippen molar-refractivity contribution in [2.75, 3.05) is 6.61 Å². The normalized spacial score (nSPS) is 21.4. The topological polar surface area (TPSA) is 26.3 Å². The Morgan fingerprint density at radius 1 is 1.71 bits per heavy atom. The molecule has 0 bridgehead atoms. The van der Waals surface area contributed by atoms with Gasteiger partial charge in [-0.1, -0.05) is 0 Å². The van der Waals surface area contributed by atoms with Gasteiger partial charge in [-0.15, -0.1) is 11.3 Å². The average Bonchev–Trinajstić information content (AvgIpc) is 2.76. The highest BCUT2D eigenvalue weighted by molar-refractivity contribution is 9.11. The Balaban J connectivity index is 2.18. The first-order valence-corrected chi connectivity index (χ1v) is 6.21. The molecule has 0 amide bonds. The number of halogens is 1. The van der Waals surface area contributed by atoms with E-state index in [1.54, 1.807) is 0 Å². The molecule has 2 nitrogen and oxygen atoms in total. The zero-order valence-corrected chi connectivity index (χ0v) is 10.3. The predicted molar refractivity (Wildman–Crippen MR) is 60.1 cm³/mol. The zero-order chi connectivity index (χ0) is 10.1. The van der Waals surface area contributed by atoms with Crippen LogP contribution in [-0.2, 0) is 4.74 Å². The van der Waals surface area contributed by atoms with E-state index in [1.165, 1.54) is 11.3 Å². The average molecular weight is 275 g/mol. The van der Waals surface area contributed by atoms with Crippen molar-refractivity contribution < 1.29 is 9.53 Å². The summed E-state index contributed by atoms with van der Waals surface area (Å²) in [7, 11) is 0. The predicted octanol–water partition coefficient (Wildman–Crippen LogP) is 3.18. The van der Waals surface area contributed by atoms with Crippen LogP contribution < -0.4 is 0 Å². The molecule has 0 radical (unpaired) electrons. The van der Waals surface area contributed by atoms with Crippen molar-refractivity contribution in [1.82, 2.24) is 0 Å². The Kier molecular flexibility index (Phi) is 3.04. The molecule has 76 valence electrons. The first-order valence-electron chi connectivity index (χ1n) is 4.60. The van der Waals surface area contributed by atoms with Crippen molar-refractivity contribution in [3.63, 3.8) is 0 Å². The fourth-order valence-electron chi connectivity index (χ4n) is 1.52. The van der Waals surface area contributed by atoms with E-state index in [0.29, 0.717) is 0 Å². The lowest BCUT2D eigenvalue weighted by atomic mass is 10.1. The molecule has 1 aliphatic rings. The fraction of sp³-hybridized carbons (Fsp3) is 0.500. The molecule has 4 heteroatoms. The molecule has 1 fully saturated rings. The van der Waals surface area contributed by atoms with Crippen molar-refractivity contribution in [2.24, 2.45) is 0 Å². The van der Waals surface area contributed by atoms with Crippen LogP contribution >= 0.6 is 27.3 Å². The molecule has 0 N–H and O–H groups in total. The minimum Gasteiger partial charge on any atom is -0.370 e. The van der Waals surface area contributed by atoms with Crippen LogP contribution in [0.1, 0.15) is 28.1 Å². The number of ether oxygens (including phenoxy) is 1. The quantitative estimate of drug-likeness (QED) is 0.775. The number of thiophene rings is 1. The summed E-state index contributed by atoms with van der Waals surface area (Å²) < 4.78 is 6.40. The van der Waals surface area contributed by atoms with Crippen molar-refractivity contribution in [3.05, 3.63) is 20.3 Å². The summed E-state index contributed by atoms with van der Waals surface area (Å²) in [5.74, 6) is 0.140. The van der Waals surface area contributed by atoms with Gasteiger partial charge in [0.1, 0.15) is 6.10 Å². The molecule has 1 unspecified atom stereocenters. The highest BCUT2D eigenvalue weighted by Gasteiger charge is 2.26. The molecule has 1 saturated heterocycles. The van der Waals surface area contributed by atoms with Gasteiger partial charge in [0.05, 0.1) is 8.66 Å². The molecule has 0 saturated carbocycles. The molecular weight excluding hydrogens is 264 g/mol. The van der Waals surface area contributed by atoms with Crippen LogP contribution in [0.2, 0.25) is 0 Å². The van der Waals surface area contributed by atoms with E-state index in [2.05, 4.69) is 15.9 Å². The van der Waals surface area contributed by atoms with Crippen molar-refractivity contribution >= 4 is 33.0 Å². The van der Waals surface area contributed by atoms with Gasteiger partial charge in [0.2, 0.25) is 5.78 Å². The minimum atomic E-state index is -0.194. The van der Waals surface area contributed by atoms with Gasteiger partial charge in [0.25, 0.3) is 0 Å². The summed E-state index contributed by atoms with van der Waals surface area (Å²) >= 11 is 4.91. The SMILES string of the molecule is Cc1cc(C(=O)C2CCCO2)sc1Br. The van der Waals surface area contributed by atoms with E-state index < -0.39 is 0 Å². The number of ketones is 1. The van der Waals surface area contributed by atoms with Gasteiger partial charge in [-0.2, -0.15) is 0 Å². The first kappa shape index (κ1) is 10.3. The Bertz CT molecular complexity index is 334. The maximum Gasteiger partial charge on any atom is 0.201 e. The Labute approximate surface area is 95.4 Å². The minimum absolute atomic E-state index is 0.140. The van der Waals surface area contributed by atoms with E-state index in [9.17, 15) is 4.79 Å². The molecule has 0 aromatic carbocycles. The summed E-state index contributed by atoms with van der Waals surface area (Å²) in [5.41, 5.74) is 1.12. The van der Waals surface area contributed by atoms with Crippen molar-refractivity contribution in [1.29, 1.82) is 0 Å². The standard InChI is InChI=1S/C10H11BrO2S/c1-6-5-8(14-10(6)11)9(12)7-3-2-4-13-7/h5,7H,2-4H2,1H3. The summed E-state index contributed by atoms with van der Waals surface area (Å²) in [5, 5.41) is 0. The van der Waals surface area contributed by atoms with Gasteiger partial charge in [-0.3, -0.25) is 4.79 Å². The van der Waals surface area contributed by atoms with Gasteiger partial charge in [-0.25, -0.2) is 0 Å². The summed E-state index contributed by atoms with van der Waals surface area (Å²) in [6, 6.07) is 1.93. The van der Waals surface area contributed by atoms with E-state index in [0.717, 1.165) is 33.7 Å². The maximum absolute atomic E-state index is 11.9. The van der Waals surface area contributed by atoms with E-state index in [4.69, 9.17) is 4.74 Å². The number of aryl methyl sites for hydroxylation is 1. The first-order chi connectivity index (χ1) is 6.68. The van der Waals surface area contributed by atoms with E-state index in [1.807, 2.05) is 13.0 Å². The highest BCUT2D eigenvalue weighted by Crippen LogP contribution is 2.29. The second-order valence-corrected chi connectivity index (χ2v) is 5.80. The monoisotopic (exact) mass is 274 g/mol. The van der Waals surface area contributed by atoms with Crippen LogP contribution in [-0.4, -0.2) is 18.5 Å². The number of hydrogen-bond acceptors (Lipinski definition) is 3. The molecule has 1 aromatic rings. The van der Waals surface area contributed by atoms with Crippen LogP contribution in [0.5, 0.6) is 0 Å². The third-order valence-corrected chi connectivity index (χ3v) is 4.47. The number of hydrogen-bond donors (Lipinski definition) is 0. The van der Waals surface area contributed by atoms with Gasteiger partial charge >= 0.3 is 0 Å². The molecule has 1 atom stereocenters. The summed E-state index contributed by atoms with van der Waals surface area (Å²) in [4.78, 5) is 12.7. The number of Topliss-reactive ketones (excluding diaryl/α,β-unsaturated/α-hetero) is 1. The molecule has 0 aliphatic carbocycles. The largest absolute Gasteiger partial charge is 0.370 e. The molecule has 1 aromatic heterocycles. The Morgan fingerprint density at radius 2 is 2.50 bits per heavy atom. The molecule has 14 heavy (non-hydrogen) atoms. The molecular formula is C10H11BrO2S. The van der Waals surface area contributed by atoms with Crippen molar-refractivity contribution in [2.45, 2.75) is 25.9 Å². The molecule has 0 spiro atoms. The van der Waals surface area contributed by atoms with Gasteiger partial charge < -0.3 is 4.74 Å². The van der Waals surface area contributed by atoms with Crippen molar-refractivity contribution in [3.8, 4) is 0 Å². The van der Waals surface area contributed by atoms with E-state index in [-0.39, 0.29) is 11.9 Å². The van der Waals surface area contributed by atoms with Crippen LogP contribution in [0.4, 0.5) is 0 Å². The fourth-order valence-corrected chi connectivity index (χ4v) is 3.04. The third kappa shape index (κ3) is 1.92. The van der Waals surface area contributed by atoms with E-state index >= 15 is 0 Å². The van der Waals surface area contributed by atoms with Crippen LogP contribution in [0.25, 0.3) is 0 Å². The number of carbonyl (C=O) groups is 1. The Hall–Kier alpha value is -0.190. The van der Waals surface area contributed by atoms with Gasteiger partial charge in [0.15, 0.2) is 0 Å². The lowest BCUT2D eigenvalue weighted by molar-refractivity contribution is 0.0647. The van der Waals surface area contributed by atoms with Crippen LogP contribution in [0, 0.1) is 6.92 Å². The third-order valence-electron chi connectivity index (χ3n) is 2.32. The van der Waals surface area contributed by atoms with Gasteiger partial charge in [-0.05, 0) is 47.3 Å². The molecule has 1 aliphatic heterocycles. The second-order valence-electron chi connectivity index (χ2n) is 3.43. The zero-order valence-electron chi connectivity index (χ0n) is 7.88. The lowest BCUT2D eigenvalue weighted by Crippen LogP contribution is -2.18. The highest BCUT2D eigenvalue weighted by atomic mass is 79.9. The Morgan fingerprint density at radius 3 is 3.00 bits per heavy atom. The lowest BCUT2D eigenvalue weighted by Gasteiger charge is -2.04. The van der Waals surface area contributed by atoms with Crippen LogP contribution in [0.15, 0.2) is 9.85 Å². The molecule has 2 heterocycles.